The summed E-state index contributed by atoms with van der Waals surface area (Å²) in [5.41, 5.74) is -1.55. The topological polar surface area (TPSA) is 70.0 Å². The summed E-state index contributed by atoms with van der Waals surface area (Å²) in [5.74, 6) is -1.09. The Hall–Kier alpha value is -0.650. The summed E-state index contributed by atoms with van der Waals surface area (Å²) < 4.78 is 5.28. The molecule has 1 atom stereocenters. The molecule has 92 valence electrons. The first-order chi connectivity index (χ1) is 7.62. The van der Waals surface area contributed by atoms with E-state index < -0.39 is 11.6 Å². The van der Waals surface area contributed by atoms with Gasteiger partial charge in [0.05, 0.1) is 0 Å². The van der Waals surface area contributed by atoms with Crippen LogP contribution in [0.2, 0.25) is 0 Å². The first-order valence-electron chi connectivity index (χ1n) is 5.89. The summed E-state index contributed by atoms with van der Waals surface area (Å²) in [6, 6.07) is 0.375. The second-order valence-electron chi connectivity index (χ2n) is 4.75. The van der Waals surface area contributed by atoms with E-state index in [-0.39, 0.29) is 6.54 Å². The predicted molar refractivity (Wildman–Crippen MR) is 57.2 cm³/mol. The molecule has 0 aromatic heterocycles. The maximum atomic E-state index is 11.0. The van der Waals surface area contributed by atoms with Crippen molar-refractivity contribution in [1.82, 2.24) is 4.90 Å². The Balaban J connectivity index is 1.98. The molecule has 2 N–H and O–H groups in total. The third-order valence-electron chi connectivity index (χ3n) is 3.61. The Kier molecular flexibility index (Phi) is 3.47. The lowest BCUT2D eigenvalue weighted by atomic mass is 9.91. The van der Waals surface area contributed by atoms with Crippen LogP contribution in [0.1, 0.15) is 25.7 Å². The number of likely N-dealkylation sites (tertiary alicyclic amines) is 1. The molecule has 0 amide bonds. The van der Waals surface area contributed by atoms with Crippen LogP contribution in [-0.4, -0.2) is 59.0 Å². The van der Waals surface area contributed by atoms with Gasteiger partial charge in [-0.05, 0) is 32.2 Å². The second-order valence-corrected chi connectivity index (χ2v) is 4.75. The fourth-order valence-corrected chi connectivity index (χ4v) is 2.61. The molecule has 1 unspecified atom stereocenters. The van der Waals surface area contributed by atoms with Gasteiger partial charge in [0.25, 0.3) is 0 Å². The zero-order chi connectivity index (χ0) is 11.6. The van der Waals surface area contributed by atoms with Crippen molar-refractivity contribution in [1.29, 1.82) is 0 Å². The largest absolute Gasteiger partial charge is 0.479 e. The van der Waals surface area contributed by atoms with Crippen molar-refractivity contribution in [2.45, 2.75) is 37.3 Å². The fourth-order valence-electron chi connectivity index (χ4n) is 2.61. The SMILES string of the molecule is O=C(O)C1(O)CCCN(C2CCOCC2)C1. The number of aliphatic carboxylic acids is 1. The van der Waals surface area contributed by atoms with Gasteiger partial charge in [-0.3, -0.25) is 4.90 Å². The minimum atomic E-state index is -1.55. The zero-order valence-corrected chi connectivity index (χ0v) is 9.39. The lowest BCUT2D eigenvalue weighted by Crippen LogP contribution is -2.56. The predicted octanol–water partition coefficient (Wildman–Crippen LogP) is 0.0769. The average molecular weight is 229 g/mol. The molecule has 16 heavy (non-hydrogen) atoms. The number of aliphatic hydroxyl groups is 1. The Morgan fingerprint density at radius 1 is 1.38 bits per heavy atom. The Bertz CT molecular complexity index is 265. The van der Waals surface area contributed by atoms with Gasteiger partial charge in [-0.15, -0.1) is 0 Å². The molecule has 2 rings (SSSR count). The minimum Gasteiger partial charge on any atom is -0.479 e. The number of carboxylic acid groups (broad SMARTS) is 1. The van der Waals surface area contributed by atoms with Gasteiger partial charge in [0.15, 0.2) is 5.60 Å². The van der Waals surface area contributed by atoms with Crippen LogP contribution >= 0.6 is 0 Å². The molecular formula is C11H19NO4. The van der Waals surface area contributed by atoms with E-state index in [0.29, 0.717) is 12.5 Å². The molecule has 2 saturated heterocycles. The number of hydrogen-bond acceptors (Lipinski definition) is 4. The van der Waals surface area contributed by atoms with E-state index in [2.05, 4.69) is 4.90 Å². The van der Waals surface area contributed by atoms with Gasteiger partial charge in [0.1, 0.15) is 0 Å². The minimum absolute atomic E-state index is 0.257. The van der Waals surface area contributed by atoms with Gasteiger partial charge in [-0.1, -0.05) is 0 Å². The summed E-state index contributed by atoms with van der Waals surface area (Å²) in [6.07, 6.45) is 2.99. The van der Waals surface area contributed by atoms with Crippen molar-refractivity contribution in [3.63, 3.8) is 0 Å². The molecule has 5 nitrogen and oxygen atoms in total. The van der Waals surface area contributed by atoms with Crippen LogP contribution < -0.4 is 0 Å². The van der Waals surface area contributed by atoms with Gasteiger partial charge < -0.3 is 14.9 Å². The molecule has 0 aromatic carbocycles. The van der Waals surface area contributed by atoms with E-state index in [0.717, 1.165) is 39.0 Å². The van der Waals surface area contributed by atoms with Gasteiger partial charge in [0, 0.05) is 25.8 Å². The number of carbonyl (C=O) groups is 1. The summed E-state index contributed by atoms with van der Waals surface area (Å²) in [5, 5.41) is 19.0. The number of carboxylic acids is 1. The molecular weight excluding hydrogens is 210 g/mol. The lowest BCUT2D eigenvalue weighted by molar-refractivity contribution is -0.166. The first kappa shape index (κ1) is 11.8. The molecule has 0 spiro atoms. The summed E-state index contributed by atoms with van der Waals surface area (Å²) >= 11 is 0. The molecule has 0 bridgehead atoms. The number of rotatable bonds is 2. The smallest absolute Gasteiger partial charge is 0.337 e. The van der Waals surface area contributed by atoms with Crippen LogP contribution in [0.3, 0.4) is 0 Å². The van der Waals surface area contributed by atoms with Crippen molar-refractivity contribution in [3.05, 3.63) is 0 Å². The number of ether oxygens (including phenoxy) is 1. The lowest BCUT2D eigenvalue weighted by Gasteiger charge is -2.42. The van der Waals surface area contributed by atoms with Crippen LogP contribution in [0.25, 0.3) is 0 Å². The highest BCUT2D eigenvalue weighted by molar-refractivity contribution is 5.77. The Morgan fingerprint density at radius 2 is 2.06 bits per heavy atom. The van der Waals surface area contributed by atoms with Crippen LogP contribution in [-0.2, 0) is 9.53 Å². The molecule has 2 aliphatic rings. The Labute approximate surface area is 95.0 Å². The normalized spacial score (nSPS) is 33.8. The molecule has 0 saturated carbocycles. The quantitative estimate of drug-likeness (QED) is 0.701. The van der Waals surface area contributed by atoms with Crippen LogP contribution in [0.4, 0.5) is 0 Å². The monoisotopic (exact) mass is 229 g/mol. The molecule has 0 aliphatic carbocycles. The van der Waals surface area contributed by atoms with Gasteiger partial charge in [-0.2, -0.15) is 0 Å². The molecule has 0 radical (unpaired) electrons. The van der Waals surface area contributed by atoms with E-state index in [1.807, 2.05) is 0 Å². The number of nitrogens with zero attached hydrogens (tertiary/aromatic N) is 1. The fraction of sp³-hybridized carbons (Fsp3) is 0.909. The number of hydrogen-bond donors (Lipinski definition) is 2. The molecule has 5 heteroatoms. The van der Waals surface area contributed by atoms with Crippen molar-refractivity contribution in [2.24, 2.45) is 0 Å². The van der Waals surface area contributed by atoms with Gasteiger partial charge in [-0.25, -0.2) is 4.79 Å². The second kappa shape index (κ2) is 4.69. The molecule has 2 heterocycles. The molecule has 2 fully saturated rings. The first-order valence-corrected chi connectivity index (χ1v) is 5.89. The third kappa shape index (κ3) is 2.36. The van der Waals surface area contributed by atoms with Gasteiger partial charge in [0.2, 0.25) is 0 Å². The Morgan fingerprint density at radius 3 is 2.69 bits per heavy atom. The van der Waals surface area contributed by atoms with E-state index in [4.69, 9.17) is 9.84 Å². The molecule has 0 aromatic rings. The maximum absolute atomic E-state index is 11.0. The van der Waals surface area contributed by atoms with Crippen molar-refractivity contribution in [2.75, 3.05) is 26.3 Å². The van der Waals surface area contributed by atoms with Crippen LogP contribution in [0.15, 0.2) is 0 Å². The summed E-state index contributed by atoms with van der Waals surface area (Å²) in [6.45, 7) is 2.63. The van der Waals surface area contributed by atoms with Crippen LogP contribution in [0.5, 0.6) is 0 Å². The third-order valence-corrected chi connectivity index (χ3v) is 3.61. The average Bonchev–Trinajstić information content (AvgIpc) is 2.30. The standard InChI is InChI=1S/C11H19NO4/c13-10(14)11(15)4-1-5-12(8-11)9-2-6-16-7-3-9/h9,15H,1-8H2,(H,13,14). The highest BCUT2D eigenvalue weighted by atomic mass is 16.5. The number of piperidine rings is 1. The van der Waals surface area contributed by atoms with Gasteiger partial charge >= 0.3 is 5.97 Å². The summed E-state index contributed by atoms with van der Waals surface area (Å²) in [4.78, 5) is 13.1. The van der Waals surface area contributed by atoms with E-state index >= 15 is 0 Å². The van der Waals surface area contributed by atoms with E-state index in [1.54, 1.807) is 0 Å². The van der Waals surface area contributed by atoms with E-state index in [9.17, 15) is 9.90 Å². The maximum Gasteiger partial charge on any atom is 0.337 e. The zero-order valence-electron chi connectivity index (χ0n) is 9.39. The molecule has 2 aliphatic heterocycles. The van der Waals surface area contributed by atoms with Crippen molar-refractivity contribution >= 4 is 5.97 Å². The van der Waals surface area contributed by atoms with Crippen LogP contribution in [0, 0.1) is 0 Å². The highest BCUT2D eigenvalue weighted by Crippen LogP contribution is 2.26. The van der Waals surface area contributed by atoms with E-state index in [1.165, 1.54) is 0 Å². The van der Waals surface area contributed by atoms with Crippen molar-refractivity contribution < 1.29 is 19.7 Å². The highest BCUT2D eigenvalue weighted by Gasteiger charge is 2.42. The van der Waals surface area contributed by atoms with Crippen molar-refractivity contribution in [3.8, 4) is 0 Å². The summed E-state index contributed by atoms with van der Waals surface area (Å²) in [7, 11) is 0. The number of β-amino-alcohol motifs (C(OH)–C–C–N with tert-alkyl or cyclic N) is 1.